The zero-order valence-corrected chi connectivity index (χ0v) is 13.9. The predicted molar refractivity (Wildman–Crippen MR) is 89.2 cm³/mol. The summed E-state index contributed by atoms with van der Waals surface area (Å²) < 4.78 is 13.8. The second-order valence-electron chi connectivity index (χ2n) is 7.52. The van der Waals surface area contributed by atoms with Gasteiger partial charge in [-0.25, -0.2) is 4.39 Å². The molecule has 2 fully saturated rings. The minimum Gasteiger partial charge on any atom is -0.311 e. The van der Waals surface area contributed by atoms with E-state index < -0.39 is 0 Å². The van der Waals surface area contributed by atoms with E-state index in [4.69, 9.17) is 0 Å². The lowest BCUT2D eigenvalue weighted by Gasteiger charge is -2.42. The Balaban J connectivity index is 1.60. The van der Waals surface area contributed by atoms with Crippen molar-refractivity contribution in [2.45, 2.75) is 56.9 Å². The number of anilines is 1. The molecule has 0 bridgehead atoms. The Morgan fingerprint density at radius 2 is 1.91 bits per heavy atom. The van der Waals surface area contributed by atoms with Gasteiger partial charge in [0, 0.05) is 30.6 Å². The van der Waals surface area contributed by atoms with Gasteiger partial charge in [-0.3, -0.25) is 4.79 Å². The number of piperidine rings is 1. The van der Waals surface area contributed by atoms with Crippen molar-refractivity contribution in [1.82, 2.24) is 4.90 Å². The van der Waals surface area contributed by atoms with E-state index >= 15 is 0 Å². The first-order valence-electron chi connectivity index (χ1n) is 8.91. The van der Waals surface area contributed by atoms with Crippen LogP contribution >= 0.6 is 0 Å². The largest absolute Gasteiger partial charge is 0.311 e. The quantitative estimate of drug-likeness (QED) is 0.792. The minimum atomic E-state index is -0.188. The van der Waals surface area contributed by atoms with Crippen LogP contribution in [0.25, 0.3) is 0 Å². The van der Waals surface area contributed by atoms with Crippen LogP contribution < -0.4 is 4.90 Å². The van der Waals surface area contributed by atoms with E-state index in [1.807, 2.05) is 4.90 Å². The number of halogens is 1. The molecule has 3 aliphatic rings. The van der Waals surface area contributed by atoms with Crippen molar-refractivity contribution in [3.05, 3.63) is 29.6 Å². The van der Waals surface area contributed by atoms with Crippen LogP contribution in [-0.2, 0) is 10.2 Å². The SMILES string of the molecule is CC(=O)N1CC2(CCN(C3CCCC3)CC2)c2cc(F)ccc21. The molecule has 23 heavy (non-hydrogen) atoms. The van der Waals surface area contributed by atoms with Gasteiger partial charge in [0.05, 0.1) is 0 Å². The van der Waals surface area contributed by atoms with Gasteiger partial charge >= 0.3 is 0 Å². The van der Waals surface area contributed by atoms with Crippen molar-refractivity contribution in [3.63, 3.8) is 0 Å². The van der Waals surface area contributed by atoms with Gasteiger partial charge in [0.2, 0.25) is 5.91 Å². The molecule has 0 radical (unpaired) electrons. The van der Waals surface area contributed by atoms with E-state index in [-0.39, 0.29) is 17.1 Å². The topological polar surface area (TPSA) is 23.6 Å². The summed E-state index contributed by atoms with van der Waals surface area (Å²) in [6.45, 7) is 4.48. The molecule has 0 aromatic heterocycles. The van der Waals surface area contributed by atoms with E-state index in [2.05, 4.69) is 4.90 Å². The highest BCUT2D eigenvalue weighted by atomic mass is 19.1. The number of fused-ring (bicyclic) bond motifs is 2. The third-order valence-electron chi connectivity index (χ3n) is 6.26. The van der Waals surface area contributed by atoms with E-state index in [0.29, 0.717) is 0 Å². The predicted octanol–water partition coefficient (Wildman–Crippen LogP) is 3.47. The van der Waals surface area contributed by atoms with E-state index in [1.165, 1.54) is 31.7 Å². The minimum absolute atomic E-state index is 0.0434. The number of carbonyl (C=O) groups is 1. The van der Waals surface area contributed by atoms with Crippen LogP contribution in [0.5, 0.6) is 0 Å². The van der Waals surface area contributed by atoms with Gasteiger partial charge in [0.15, 0.2) is 0 Å². The molecule has 2 aliphatic heterocycles. The van der Waals surface area contributed by atoms with Crippen molar-refractivity contribution in [1.29, 1.82) is 0 Å². The highest BCUT2D eigenvalue weighted by molar-refractivity contribution is 5.94. The average molecular weight is 316 g/mol. The van der Waals surface area contributed by atoms with Gasteiger partial charge in [-0.2, -0.15) is 0 Å². The molecule has 1 aromatic carbocycles. The molecule has 1 saturated carbocycles. The van der Waals surface area contributed by atoms with Crippen LogP contribution in [0, 0.1) is 5.82 Å². The van der Waals surface area contributed by atoms with Crippen molar-refractivity contribution < 1.29 is 9.18 Å². The first kappa shape index (κ1) is 15.1. The Morgan fingerprint density at radius 3 is 2.57 bits per heavy atom. The van der Waals surface area contributed by atoms with E-state index in [1.54, 1.807) is 19.1 Å². The van der Waals surface area contributed by atoms with Gasteiger partial charge < -0.3 is 9.80 Å². The zero-order chi connectivity index (χ0) is 16.0. The number of hydrogen-bond donors (Lipinski definition) is 0. The molecule has 1 saturated heterocycles. The number of benzene rings is 1. The third kappa shape index (κ3) is 2.47. The maximum Gasteiger partial charge on any atom is 0.223 e. The fourth-order valence-corrected chi connectivity index (χ4v) is 4.94. The van der Waals surface area contributed by atoms with Gasteiger partial charge in [-0.15, -0.1) is 0 Å². The smallest absolute Gasteiger partial charge is 0.223 e. The standard InChI is InChI=1S/C19H25FN2O/c1-14(23)22-13-19(17-12-15(20)6-7-18(17)22)8-10-21(11-9-19)16-4-2-3-5-16/h6-7,12,16H,2-5,8-11,13H2,1H3. The highest BCUT2D eigenvalue weighted by Crippen LogP contribution is 2.47. The fraction of sp³-hybridized carbons (Fsp3) is 0.632. The molecule has 4 rings (SSSR count). The van der Waals surface area contributed by atoms with Gasteiger partial charge in [-0.05, 0) is 62.5 Å². The Bertz CT molecular complexity index is 616. The Morgan fingerprint density at radius 1 is 1.22 bits per heavy atom. The number of likely N-dealkylation sites (tertiary alicyclic amines) is 1. The summed E-state index contributed by atoms with van der Waals surface area (Å²) in [5, 5.41) is 0. The lowest BCUT2D eigenvalue weighted by molar-refractivity contribution is -0.116. The van der Waals surface area contributed by atoms with Gasteiger partial charge in [0.25, 0.3) is 0 Å². The number of hydrogen-bond acceptors (Lipinski definition) is 2. The van der Waals surface area contributed by atoms with Gasteiger partial charge in [0.1, 0.15) is 5.82 Å². The van der Waals surface area contributed by atoms with Crippen LogP contribution in [-0.4, -0.2) is 36.5 Å². The molecule has 3 nitrogen and oxygen atoms in total. The molecule has 1 amide bonds. The third-order valence-corrected chi connectivity index (χ3v) is 6.26. The van der Waals surface area contributed by atoms with Crippen molar-refractivity contribution in [2.75, 3.05) is 24.5 Å². The van der Waals surface area contributed by atoms with Crippen LogP contribution in [0.4, 0.5) is 10.1 Å². The highest BCUT2D eigenvalue weighted by Gasteiger charge is 2.46. The maximum atomic E-state index is 13.8. The molecular formula is C19H25FN2O. The first-order chi connectivity index (χ1) is 11.1. The average Bonchev–Trinajstić information content (AvgIpc) is 3.16. The number of carbonyl (C=O) groups excluding carboxylic acids is 1. The van der Waals surface area contributed by atoms with Crippen molar-refractivity contribution in [2.24, 2.45) is 0 Å². The Labute approximate surface area is 137 Å². The van der Waals surface area contributed by atoms with Crippen molar-refractivity contribution >= 4 is 11.6 Å². The molecule has 2 heterocycles. The van der Waals surface area contributed by atoms with Crippen LogP contribution in [0.2, 0.25) is 0 Å². The molecule has 124 valence electrons. The van der Waals surface area contributed by atoms with Crippen LogP contribution in [0.3, 0.4) is 0 Å². The molecule has 1 aliphatic carbocycles. The molecule has 1 spiro atoms. The second-order valence-corrected chi connectivity index (χ2v) is 7.52. The molecule has 0 atom stereocenters. The number of rotatable bonds is 1. The monoisotopic (exact) mass is 316 g/mol. The first-order valence-corrected chi connectivity index (χ1v) is 8.91. The Kier molecular flexibility index (Phi) is 3.67. The summed E-state index contributed by atoms with van der Waals surface area (Å²) in [6.07, 6.45) is 7.44. The normalized spacial score (nSPS) is 24.3. The van der Waals surface area contributed by atoms with E-state index in [9.17, 15) is 9.18 Å². The van der Waals surface area contributed by atoms with Crippen LogP contribution in [0.1, 0.15) is 51.0 Å². The molecule has 1 aromatic rings. The van der Waals surface area contributed by atoms with Crippen molar-refractivity contribution in [3.8, 4) is 0 Å². The lowest BCUT2D eigenvalue weighted by Crippen LogP contribution is -2.48. The summed E-state index contributed by atoms with van der Waals surface area (Å²) in [5.74, 6) is -0.125. The summed E-state index contributed by atoms with van der Waals surface area (Å²) in [4.78, 5) is 16.5. The molecule has 0 unspecified atom stereocenters. The summed E-state index contributed by atoms with van der Waals surface area (Å²) >= 11 is 0. The summed E-state index contributed by atoms with van der Waals surface area (Å²) in [5.41, 5.74) is 1.94. The Hall–Kier alpha value is -1.42. The van der Waals surface area contributed by atoms with E-state index in [0.717, 1.165) is 49.8 Å². The molecule has 4 heteroatoms. The molecular weight excluding hydrogens is 291 g/mol. The zero-order valence-electron chi connectivity index (χ0n) is 13.9. The molecule has 0 N–H and O–H groups in total. The lowest BCUT2D eigenvalue weighted by atomic mass is 9.74. The van der Waals surface area contributed by atoms with Gasteiger partial charge in [-0.1, -0.05) is 12.8 Å². The second kappa shape index (κ2) is 5.59. The van der Waals surface area contributed by atoms with Crippen LogP contribution in [0.15, 0.2) is 18.2 Å². The summed E-state index contributed by atoms with van der Waals surface area (Å²) in [7, 11) is 0. The fourth-order valence-electron chi connectivity index (χ4n) is 4.94. The maximum absolute atomic E-state index is 13.8. The number of amides is 1. The number of nitrogens with zero attached hydrogens (tertiary/aromatic N) is 2. The summed E-state index contributed by atoms with van der Waals surface area (Å²) in [6, 6.07) is 5.68.